The summed E-state index contributed by atoms with van der Waals surface area (Å²) in [7, 11) is 1.81. The molecule has 0 aliphatic carbocycles. The van der Waals surface area contributed by atoms with Crippen LogP contribution in [-0.2, 0) is 7.05 Å². The van der Waals surface area contributed by atoms with E-state index in [2.05, 4.69) is 20.6 Å². The Labute approximate surface area is 191 Å². The lowest BCUT2D eigenvalue weighted by molar-refractivity contribution is 0.0972. The first-order valence-corrected chi connectivity index (χ1v) is 11.1. The summed E-state index contributed by atoms with van der Waals surface area (Å²) in [5, 5.41) is 12.6. The van der Waals surface area contributed by atoms with Crippen molar-refractivity contribution in [3.05, 3.63) is 71.8 Å². The molecule has 7 nitrogen and oxygen atoms in total. The fourth-order valence-corrected chi connectivity index (χ4v) is 4.48. The molecule has 1 N–H and O–H groups in total. The molecule has 8 heteroatoms. The van der Waals surface area contributed by atoms with Crippen molar-refractivity contribution in [2.24, 2.45) is 7.05 Å². The van der Waals surface area contributed by atoms with Gasteiger partial charge in [-0.25, -0.2) is 9.37 Å². The number of nitrogens with zero attached hydrogens (tertiary/aromatic N) is 5. The van der Waals surface area contributed by atoms with Crippen LogP contribution in [0.2, 0.25) is 0 Å². The van der Waals surface area contributed by atoms with Crippen LogP contribution >= 0.6 is 0 Å². The van der Waals surface area contributed by atoms with E-state index in [1.807, 2.05) is 32.3 Å². The number of carbonyl (C=O) groups excluding carboxylic acids is 1. The van der Waals surface area contributed by atoms with Gasteiger partial charge >= 0.3 is 0 Å². The molecular weight excluding hydrogens is 419 g/mol. The number of aryl methyl sites for hydroxylation is 2. The summed E-state index contributed by atoms with van der Waals surface area (Å²) in [5.74, 6) is 0.0287. The molecule has 2 aromatic carbocycles. The number of anilines is 1. The second-order valence-electron chi connectivity index (χ2n) is 8.45. The third-order valence-corrected chi connectivity index (χ3v) is 6.18. The highest BCUT2D eigenvalue weighted by Crippen LogP contribution is 2.33. The van der Waals surface area contributed by atoms with Crippen molar-refractivity contribution < 1.29 is 9.18 Å². The van der Waals surface area contributed by atoms with E-state index >= 15 is 0 Å². The molecule has 0 saturated carbocycles. The van der Waals surface area contributed by atoms with Crippen molar-refractivity contribution in [1.29, 1.82) is 0 Å². The van der Waals surface area contributed by atoms with E-state index < -0.39 is 0 Å². The number of aromatic nitrogens is 4. The Morgan fingerprint density at radius 1 is 1.18 bits per heavy atom. The summed E-state index contributed by atoms with van der Waals surface area (Å²) in [4.78, 5) is 20.2. The van der Waals surface area contributed by atoms with E-state index in [1.165, 1.54) is 6.07 Å². The first kappa shape index (κ1) is 21.2. The molecule has 4 aromatic rings. The molecule has 0 spiro atoms. The number of piperidine rings is 1. The molecule has 1 aliphatic heterocycles. The van der Waals surface area contributed by atoms with E-state index in [1.54, 1.807) is 40.0 Å². The number of hydrogen-bond donors (Lipinski definition) is 1. The van der Waals surface area contributed by atoms with Gasteiger partial charge in [-0.15, -0.1) is 5.10 Å². The van der Waals surface area contributed by atoms with Crippen LogP contribution in [0.4, 0.5) is 10.2 Å². The van der Waals surface area contributed by atoms with Crippen LogP contribution in [0.15, 0.2) is 54.9 Å². The maximum atomic E-state index is 14.6. The van der Waals surface area contributed by atoms with Crippen molar-refractivity contribution in [3.8, 4) is 11.3 Å². The highest BCUT2D eigenvalue weighted by atomic mass is 19.1. The van der Waals surface area contributed by atoms with Gasteiger partial charge in [0.25, 0.3) is 5.91 Å². The van der Waals surface area contributed by atoms with Gasteiger partial charge in [0.2, 0.25) is 0 Å². The Hall–Kier alpha value is -3.65. The van der Waals surface area contributed by atoms with Gasteiger partial charge in [-0.1, -0.05) is 23.4 Å². The van der Waals surface area contributed by atoms with Crippen LogP contribution in [0, 0.1) is 12.7 Å². The molecule has 1 amide bonds. The van der Waals surface area contributed by atoms with Crippen LogP contribution < -0.4 is 10.2 Å². The fourth-order valence-electron chi connectivity index (χ4n) is 4.48. The van der Waals surface area contributed by atoms with Crippen LogP contribution in [0.25, 0.3) is 22.0 Å². The van der Waals surface area contributed by atoms with Crippen molar-refractivity contribution in [3.63, 3.8) is 0 Å². The van der Waals surface area contributed by atoms with Gasteiger partial charge in [0.1, 0.15) is 17.3 Å². The number of carbonyl (C=O) groups is 1. The Morgan fingerprint density at radius 2 is 2.00 bits per heavy atom. The quantitative estimate of drug-likeness (QED) is 0.517. The van der Waals surface area contributed by atoms with Gasteiger partial charge in [-0.3, -0.25) is 14.4 Å². The molecule has 3 heterocycles. The van der Waals surface area contributed by atoms with Gasteiger partial charge in [-0.2, -0.15) is 0 Å². The second kappa shape index (κ2) is 8.71. The molecule has 33 heavy (non-hydrogen) atoms. The summed E-state index contributed by atoms with van der Waals surface area (Å²) in [6, 6.07) is 12.1. The molecule has 0 radical (unpaired) electrons. The molecule has 1 aliphatic rings. The SMILES string of the molecule is Cc1ccc(F)c2ccnc(N(C(=O)c3ccc(-c4cn(C)nn4)cc3)C3CCCNC3)c12. The normalized spacial score (nSPS) is 16.2. The topological polar surface area (TPSA) is 75.9 Å². The monoisotopic (exact) mass is 444 g/mol. The van der Waals surface area contributed by atoms with Gasteiger partial charge < -0.3 is 5.32 Å². The maximum absolute atomic E-state index is 14.6. The number of rotatable bonds is 4. The summed E-state index contributed by atoms with van der Waals surface area (Å²) < 4.78 is 16.3. The largest absolute Gasteiger partial charge is 0.315 e. The third kappa shape index (κ3) is 3.98. The lowest BCUT2D eigenvalue weighted by atomic mass is 10.0. The number of halogens is 1. The maximum Gasteiger partial charge on any atom is 0.259 e. The van der Waals surface area contributed by atoms with Gasteiger partial charge in [-0.05, 0) is 56.1 Å². The van der Waals surface area contributed by atoms with Crippen LogP contribution in [0.1, 0.15) is 28.8 Å². The van der Waals surface area contributed by atoms with Crippen LogP contribution in [0.3, 0.4) is 0 Å². The third-order valence-electron chi connectivity index (χ3n) is 6.18. The summed E-state index contributed by atoms with van der Waals surface area (Å²) in [5.41, 5.74) is 3.05. The Balaban J connectivity index is 1.59. The highest BCUT2D eigenvalue weighted by molar-refractivity contribution is 6.11. The van der Waals surface area contributed by atoms with E-state index in [9.17, 15) is 9.18 Å². The van der Waals surface area contributed by atoms with E-state index in [0.29, 0.717) is 28.7 Å². The fraction of sp³-hybridized carbons (Fsp3) is 0.280. The van der Waals surface area contributed by atoms with Gasteiger partial charge in [0.15, 0.2) is 0 Å². The number of hydrogen-bond acceptors (Lipinski definition) is 5. The van der Waals surface area contributed by atoms with Crippen molar-refractivity contribution >= 4 is 22.5 Å². The summed E-state index contributed by atoms with van der Waals surface area (Å²) in [6.45, 7) is 3.50. The second-order valence-corrected chi connectivity index (χ2v) is 8.45. The smallest absolute Gasteiger partial charge is 0.259 e. The van der Waals surface area contributed by atoms with Gasteiger partial charge in [0, 0.05) is 41.7 Å². The molecule has 1 atom stereocenters. The minimum absolute atomic E-state index is 0.0771. The summed E-state index contributed by atoms with van der Waals surface area (Å²) >= 11 is 0. The average molecular weight is 445 g/mol. The molecule has 1 saturated heterocycles. The van der Waals surface area contributed by atoms with Crippen molar-refractivity contribution in [2.75, 3.05) is 18.0 Å². The lowest BCUT2D eigenvalue weighted by Gasteiger charge is -2.35. The van der Waals surface area contributed by atoms with Gasteiger partial charge in [0.05, 0.1) is 12.2 Å². The van der Waals surface area contributed by atoms with E-state index in [0.717, 1.165) is 36.2 Å². The zero-order valence-electron chi connectivity index (χ0n) is 18.6. The zero-order valence-corrected chi connectivity index (χ0v) is 18.6. The first-order valence-electron chi connectivity index (χ1n) is 11.1. The summed E-state index contributed by atoms with van der Waals surface area (Å²) in [6.07, 6.45) is 5.21. The van der Waals surface area contributed by atoms with Crippen LogP contribution in [0.5, 0.6) is 0 Å². The first-order chi connectivity index (χ1) is 16.0. The van der Waals surface area contributed by atoms with Crippen LogP contribution in [-0.4, -0.2) is 45.0 Å². The van der Waals surface area contributed by atoms with E-state index in [-0.39, 0.29) is 17.8 Å². The minimum atomic E-state index is -0.318. The minimum Gasteiger partial charge on any atom is -0.315 e. The molecule has 1 fully saturated rings. The predicted octanol–water partition coefficient (Wildman–Crippen LogP) is 3.88. The van der Waals surface area contributed by atoms with Crippen molar-refractivity contribution in [2.45, 2.75) is 25.8 Å². The predicted molar refractivity (Wildman–Crippen MR) is 126 cm³/mol. The molecule has 5 rings (SSSR count). The highest BCUT2D eigenvalue weighted by Gasteiger charge is 2.30. The Bertz CT molecular complexity index is 1310. The number of fused-ring (bicyclic) bond motifs is 1. The number of amides is 1. The zero-order chi connectivity index (χ0) is 22.9. The standard InChI is InChI=1S/C25H25FN6O/c1-16-5-10-21(26)20-11-13-28-24(23(16)20)32(19-4-3-12-27-14-19)25(33)18-8-6-17(7-9-18)22-15-31(2)30-29-22/h5-11,13,15,19,27H,3-4,12,14H2,1-2H3. The molecular formula is C25H25FN6O. The molecule has 2 aromatic heterocycles. The average Bonchev–Trinajstić information content (AvgIpc) is 3.29. The Kier molecular flexibility index (Phi) is 5.60. The lowest BCUT2D eigenvalue weighted by Crippen LogP contribution is -2.49. The van der Waals surface area contributed by atoms with Crippen molar-refractivity contribution in [1.82, 2.24) is 25.3 Å². The van der Waals surface area contributed by atoms with E-state index in [4.69, 9.17) is 0 Å². The number of nitrogens with one attached hydrogen (secondary N) is 1. The molecule has 168 valence electrons. The number of pyridine rings is 1. The molecule has 1 unspecified atom stereocenters. The molecule has 0 bridgehead atoms. The number of benzene rings is 2. The Morgan fingerprint density at radius 3 is 2.70 bits per heavy atom.